The number of nitrogens with one attached hydrogen (secondary N) is 1. The lowest BCUT2D eigenvalue weighted by Gasteiger charge is -2.16. The number of rotatable bonds is 9. The van der Waals surface area contributed by atoms with Crippen molar-refractivity contribution < 1.29 is 18.7 Å². The zero-order valence-corrected chi connectivity index (χ0v) is 21.5. The summed E-state index contributed by atoms with van der Waals surface area (Å²) in [5, 5.41) is 6.28. The number of nitrogens with zero attached hydrogens (tertiary/aromatic N) is 1. The number of carbonyl (C=O) groups is 1. The van der Waals surface area contributed by atoms with Crippen LogP contribution in [0.5, 0.6) is 11.5 Å². The van der Waals surface area contributed by atoms with Crippen LogP contribution in [-0.4, -0.2) is 19.2 Å². The highest BCUT2D eigenvalue weighted by Gasteiger charge is 2.14. The lowest BCUT2D eigenvalue weighted by Crippen LogP contribution is -2.16. The van der Waals surface area contributed by atoms with Gasteiger partial charge in [-0.1, -0.05) is 46.9 Å². The van der Waals surface area contributed by atoms with Gasteiger partial charge < -0.3 is 13.9 Å². The van der Waals surface area contributed by atoms with Crippen LogP contribution < -0.4 is 14.9 Å². The number of amides is 1. The topological polar surface area (TPSA) is 73.1 Å². The minimum atomic E-state index is -0.488. The molecule has 0 bridgehead atoms. The number of benzene rings is 3. The first-order valence-electron chi connectivity index (χ1n) is 10.8. The van der Waals surface area contributed by atoms with E-state index in [1.165, 1.54) is 6.21 Å². The van der Waals surface area contributed by atoms with Crippen LogP contribution in [0, 0.1) is 0 Å². The van der Waals surface area contributed by atoms with Crippen molar-refractivity contribution in [3.8, 4) is 11.5 Å². The van der Waals surface area contributed by atoms with Gasteiger partial charge in [0.05, 0.1) is 23.4 Å². The summed E-state index contributed by atoms with van der Waals surface area (Å²) in [6, 6.07) is 15.7. The van der Waals surface area contributed by atoms with E-state index in [1.54, 1.807) is 55.7 Å². The number of hydrogen-bond donors (Lipinski definition) is 1. The highest BCUT2D eigenvalue weighted by Crippen LogP contribution is 2.34. The monoisotopic (exact) mass is 542 g/mol. The Morgan fingerprint density at radius 3 is 2.67 bits per heavy atom. The standard InChI is InChI=1S/C27H21Cl3N2O4/c1-3-4-18-9-17(11-24(34-2)26(18)35-15-16-5-7-21(29)22(30)10-16)14-31-32-27(33)25-13-19-12-20(28)6-8-23(19)36-25/h3,5-14H,1,4,15H2,2H3,(H,32,33)/b31-14+. The second-order valence-corrected chi connectivity index (χ2v) is 8.98. The van der Waals surface area contributed by atoms with Crippen LogP contribution in [0.3, 0.4) is 0 Å². The number of hydrogen-bond acceptors (Lipinski definition) is 5. The number of hydrazone groups is 1. The molecule has 9 heteroatoms. The Morgan fingerprint density at radius 1 is 1.08 bits per heavy atom. The molecule has 0 saturated carbocycles. The van der Waals surface area contributed by atoms with Crippen LogP contribution >= 0.6 is 34.8 Å². The molecule has 1 aromatic heterocycles. The van der Waals surface area contributed by atoms with Crippen LogP contribution in [0.25, 0.3) is 11.0 Å². The molecule has 0 spiro atoms. The first-order valence-corrected chi connectivity index (χ1v) is 11.9. The van der Waals surface area contributed by atoms with E-state index in [-0.39, 0.29) is 12.4 Å². The van der Waals surface area contributed by atoms with Crippen molar-refractivity contribution in [1.29, 1.82) is 0 Å². The molecule has 0 aliphatic heterocycles. The van der Waals surface area contributed by atoms with Crippen molar-refractivity contribution >= 4 is 57.9 Å². The first-order chi connectivity index (χ1) is 17.4. The van der Waals surface area contributed by atoms with E-state index in [0.29, 0.717) is 44.1 Å². The summed E-state index contributed by atoms with van der Waals surface area (Å²) in [5.41, 5.74) is 5.42. The Balaban J connectivity index is 1.50. The number of carbonyl (C=O) groups excluding carboxylic acids is 1. The van der Waals surface area contributed by atoms with E-state index in [4.69, 9.17) is 48.7 Å². The number of ether oxygens (including phenoxy) is 2. The van der Waals surface area contributed by atoms with Gasteiger partial charge in [-0.15, -0.1) is 6.58 Å². The zero-order valence-electron chi connectivity index (χ0n) is 19.2. The average Bonchev–Trinajstić information content (AvgIpc) is 3.28. The van der Waals surface area contributed by atoms with Crippen molar-refractivity contribution in [2.75, 3.05) is 7.11 Å². The third kappa shape index (κ3) is 6.02. The highest BCUT2D eigenvalue weighted by molar-refractivity contribution is 6.42. The fourth-order valence-corrected chi connectivity index (χ4v) is 4.01. The molecule has 0 aliphatic carbocycles. The Kier molecular flexibility index (Phi) is 8.21. The van der Waals surface area contributed by atoms with E-state index in [2.05, 4.69) is 17.1 Å². The van der Waals surface area contributed by atoms with Crippen molar-refractivity contribution in [1.82, 2.24) is 5.43 Å². The highest BCUT2D eigenvalue weighted by atomic mass is 35.5. The Morgan fingerprint density at radius 2 is 1.92 bits per heavy atom. The SMILES string of the molecule is C=CCc1cc(/C=N/NC(=O)c2cc3cc(Cl)ccc3o2)cc(OC)c1OCc1ccc(Cl)c(Cl)c1. The first kappa shape index (κ1) is 25.6. The van der Waals surface area contributed by atoms with E-state index in [1.807, 2.05) is 12.1 Å². The average molecular weight is 544 g/mol. The molecule has 0 saturated heterocycles. The molecule has 0 fully saturated rings. The van der Waals surface area contributed by atoms with Gasteiger partial charge in [-0.25, -0.2) is 5.43 Å². The van der Waals surface area contributed by atoms with Crippen LogP contribution in [-0.2, 0) is 13.0 Å². The van der Waals surface area contributed by atoms with Crippen molar-refractivity contribution in [2.24, 2.45) is 5.10 Å². The minimum absolute atomic E-state index is 0.125. The molecule has 0 radical (unpaired) electrons. The molecule has 3 aromatic carbocycles. The maximum absolute atomic E-state index is 12.5. The molecule has 0 atom stereocenters. The summed E-state index contributed by atoms with van der Waals surface area (Å²) in [6.45, 7) is 4.09. The molecule has 1 heterocycles. The summed E-state index contributed by atoms with van der Waals surface area (Å²) in [5.74, 6) is 0.723. The smallest absolute Gasteiger partial charge is 0.307 e. The minimum Gasteiger partial charge on any atom is -0.493 e. The summed E-state index contributed by atoms with van der Waals surface area (Å²) in [7, 11) is 1.55. The van der Waals surface area contributed by atoms with E-state index < -0.39 is 5.91 Å². The normalized spacial score (nSPS) is 11.1. The van der Waals surface area contributed by atoms with E-state index in [9.17, 15) is 4.79 Å². The largest absolute Gasteiger partial charge is 0.493 e. The molecule has 0 unspecified atom stereocenters. The van der Waals surface area contributed by atoms with Gasteiger partial charge in [-0.05, 0) is 66.1 Å². The van der Waals surface area contributed by atoms with Gasteiger partial charge in [-0.3, -0.25) is 4.79 Å². The molecule has 36 heavy (non-hydrogen) atoms. The maximum atomic E-state index is 12.5. The summed E-state index contributed by atoms with van der Waals surface area (Å²) in [4.78, 5) is 12.5. The predicted molar refractivity (Wildman–Crippen MR) is 144 cm³/mol. The van der Waals surface area contributed by atoms with Crippen LogP contribution in [0.4, 0.5) is 0 Å². The second kappa shape index (κ2) is 11.5. The van der Waals surface area contributed by atoms with Crippen LogP contribution in [0.1, 0.15) is 27.2 Å². The van der Waals surface area contributed by atoms with Crippen molar-refractivity contribution in [3.05, 3.63) is 105 Å². The summed E-state index contributed by atoms with van der Waals surface area (Å²) < 4.78 is 17.2. The fourth-order valence-electron chi connectivity index (χ4n) is 3.51. The van der Waals surface area contributed by atoms with Gasteiger partial charge in [-0.2, -0.15) is 5.10 Å². The number of allylic oxidation sites excluding steroid dienone is 1. The Labute approximate surface area is 223 Å². The Bertz CT molecular complexity index is 1460. The van der Waals surface area contributed by atoms with Gasteiger partial charge in [0.1, 0.15) is 12.2 Å². The van der Waals surface area contributed by atoms with E-state index in [0.717, 1.165) is 16.5 Å². The second-order valence-electron chi connectivity index (χ2n) is 7.73. The third-order valence-corrected chi connectivity index (χ3v) is 6.16. The lowest BCUT2D eigenvalue weighted by molar-refractivity contribution is 0.0929. The molecule has 184 valence electrons. The number of fused-ring (bicyclic) bond motifs is 1. The van der Waals surface area contributed by atoms with Crippen LogP contribution in [0.2, 0.25) is 15.1 Å². The lowest BCUT2D eigenvalue weighted by atomic mass is 10.1. The molecule has 0 aliphatic rings. The molecule has 1 amide bonds. The zero-order chi connectivity index (χ0) is 25.7. The fraction of sp³-hybridized carbons (Fsp3) is 0.111. The van der Waals surface area contributed by atoms with Crippen LogP contribution in [0.15, 0.2) is 76.8 Å². The molecular weight excluding hydrogens is 523 g/mol. The maximum Gasteiger partial charge on any atom is 0.307 e. The number of halogens is 3. The Hall–Kier alpha value is -3.45. The number of methoxy groups -OCH3 is 1. The van der Waals surface area contributed by atoms with E-state index >= 15 is 0 Å². The molecule has 6 nitrogen and oxygen atoms in total. The summed E-state index contributed by atoms with van der Waals surface area (Å²) >= 11 is 18.1. The third-order valence-electron chi connectivity index (χ3n) is 5.19. The van der Waals surface area contributed by atoms with Gasteiger partial charge in [0, 0.05) is 16.0 Å². The van der Waals surface area contributed by atoms with Gasteiger partial charge >= 0.3 is 5.91 Å². The van der Waals surface area contributed by atoms with Crippen molar-refractivity contribution in [2.45, 2.75) is 13.0 Å². The molecule has 4 aromatic rings. The molecule has 4 rings (SSSR count). The summed E-state index contributed by atoms with van der Waals surface area (Å²) in [6.07, 6.45) is 3.80. The van der Waals surface area contributed by atoms with Gasteiger partial charge in [0.15, 0.2) is 17.3 Å². The number of furan rings is 1. The predicted octanol–water partition coefficient (Wildman–Crippen LogP) is 7.47. The van der Waals surface area contributed by atoms with Gasteiger partial charge in [0.2, 0.25) is 0 Å². The van der Waals surface area contributed by atoms with Gasteiger partial charge in [0.25, 0.3) is 0 Å². The molecule has 1 N–H and O–H groups in total. The van der Waals surface area contributed by atoms with Crippen molar-refractivity contribution in [3.63, 3.8) is 0 Å². The molecular formula is C27H21Cl3N2O4. The quantitative estimate of drug-likeness (QED) is 0.135.